The predicted molar refractivity (Wildman–Crippen MR) is 77.9 cm³/mol. The summed E-state index contributed by atoms with van der Waals surface area (Å²) in [5, 5.41) is 5.18. The largest absolute Gasteiger partial charge is 0.495 e. The van der Waals surface area contributed by atoms with Crippen molar-refractivity contribution in [2.45, 2.75) is 6.92 Å². The molecule has 5 nitrogen and oxygen atoms in total. The molecule has 0 amide bonds. The zero-order chi connectivity index (χ0) is 14.3. The lowest BCUT2D eigenvalue weighted by molar-refractivity contribution is 0.102. The van der Waals surface area contributed by atoms with Gasteiger partial charge in [0.05, 0.1) is 30.6 Å². The van der Waals surface area contributed by atoms with Gasteiger partial charge in [0, 0.05) is 6.92 Å². The summed E-state index contributed by atoms with van der Waals surface area (Å²) in [6.45, 7) is 1.48. The second-order valence-corrected chi connectivity index (χ2v) is 5.51. The summed E-state index contributed by atoms with van der Waals surface area (Å²) in [4.78, 5) is 16.2. The average molecular weight is 308 g/mol. The average Bonchev–Trinajstić information content (AvgIpc) is 3.01. The highest BCUT2D eigenvalue weighted by molar-refractivity contribution is 7.17. The number of carbonyl (C=O) groups excluding carboxylic acids is 1. The molecule has 0 aliphatic carbocycles. The molecule has 0 N–H and O–H groups in total. The van der Waals surface area contributed by atoms with Crippen molar-refractivity contribution in [3.8, 4) is 16.3 Å². The number of ketones is 1. The van der Waals surface area contributed by atoms with E-state index in [1.165, 1.54) is 18.3 Å². The number of hydrogen-bond acceptors (Lipinski definition) is 5. The minimum absolute atomic E-state index is 0.0862. The molecular weight excluding hydrogens is 298 g/mol. The fraction of sp³-hybridized carbons (Fsp3) is 0.154. The zero-order valence-corrected chi connectivity index (χ0v) is 12.3. The molecule has 3 rings (SSSR count). The maximum atomic E-state index is 11.4. The minimum Gasteiger partial charge on any atom is -0.495 e. The number of carbonyl (C=O) groups is 1. The molecule has 0 spiro atoms. The van der Waals surface area contributed by atoms with E-state index in [4.69, 9.17) is 16.3 Å². The van der Waals surface area contributed by atoms with Crippen molar-refractivity contribution in [1.82, 2.24) is 14.6 Å². The Morgan fingerprint density at radius 3 is 2.90 bits per heavy atom. The van der Waals surface area contributed by atoms with E-state index in [9.17, 15) is 4.79 Å². The Bertz CT molecular complexity index is 809. The smallest absolute Gasteiger partial charge is 0.172 e. The molecule has 3 aromatic heterocycles. The molecule has 102 valence electrons. The highest BCUT2D eigenvalue weighted by atomic mass is 35.5. The number of hydrogen-bond donors (Lipinski definition) is 0. The highest BCUT2D eigenvalue weighted by Gasteiger charge is 2.17. The number of aromatic nitrogens is 3. The number of nitrogens with zero attached hydrogens (tertiary/aromatic N) is 3. The van der Waals surface area contributed by atoms with Gasteiger partial charge >= 0.3 is 0 Å². The van der Waals surface area contributed by atoms with Gasteiger partial charge in [0.15, 0.2) is 10.9 Å². The molecule has 3 heterocycles. The lowest BCUT2D eigenvalue weighted by atomic mass is 10.3. The van der Waals surface area contributed by atoms with Gasteiger partial charge in [-0.1, -0.05) is 11.6 Å². The van der Waals surface area contributed by atoms with E-state index < -0.39 is 0 Å². The van der Waals surface area contributed by atoms with Crippen LogP contribution in [0.4, 0.5) is 0 Å². The van der Waals surface area contributed by atoms with Crippen LogP contribution in [0.2, 0.25) is 5.15 Å². The monoisotopic (exact) mass is 307 g/mol. The van der Waals surface area contributed by atoms with Crippen molar-refractivity contribution >= 4 is 34.2 Å². The molecule has 0 unspecified atom stereocenters. The van der Waals surface area contributed by atoms with Crippen LogP contribution in [-0.2, 0) is 0 Å². The van der Waals surface area contributed by atoms with Crippen molar-refractivity contribution in [2.75, 3.05) is 7.11 Å². The number of methoxy groups -OCH3 is 1. The number of rotatable bonds is 3. The van der Waals surface area contributed by atoms with E-state index in [-0.39, 0.29) is 10.9 Å². The number of pyridine rings is 1. The molecule has 0 saturated carbocycles. The second kappa shape index (κ2) is 4.88. The summed E-state index contributed by atoms with van der Waals surface area (Å²) in [5.41, 5.74) is 1.72. The number of thiazole rings is 1. The Morgan fingerprint density at radius 1 is 1.45 bits per heavy atom. The fourth-order valence-electron chi connectivity index (χ4n) is 1.88. The number of ether oxygens (including phenoxy) is 1. The summed E-state index contributed by atoms with van der Waals surface area (Å²) in [5.74, 6) is 0.630. The first-order valence-electron chi connectivity index (χ1n) is 5.79. The topological polar surface area (TPSA) is 56.5 Å². The molecule has 0 bridgehead atoms. The minimum atomic E-state index is -0.0862. The van der Waals surface area contributed by atoms with Gasteiger partial charge in [-0.05, 0) is 12.1 Å². The number of fused-ring (bicyclic) bond motifs is 1. The van der Waals surface area contributed by atoms with Crippen LogP contribution < -0.4 is 4.74 Å². The lowest BCUT2D eigenvalue weighted by Crippen LogP contribution is -1.89. The Morgan fingerprint density at radius 2 is 2.25 bits per heavy atom. The summed E-state index contributed by atoms with van der Waals surface area (Å²) in [7, 11) is 1.60. The van der Waals surface area contributed by atoms with Crippen LogP contribution in [0, 0.1) is 0 Å². The van der Waals surface area contributed by atoms with Gasteiger partial charge in [0.2, 0.25) is 0 Å². The zero-order valence-electron chi connectivity index (χ0n) is 10.8. The maximum absolute atomic E-state index is 11.4. The molecule has 0 aliphatic heterocycles. The van der Waals surface area contributed by atoms with Crippen molar-refractivity contribution in [1.29, 1.82) is 0 Å². The quantitative estimate of drug-likeness (QED) is 0.697. The summed E-state index contributed by atoms with van der Waals surface area (Å²) in [6.07, 6.45) is 3.48. The number of Topliss-reactive ketones (excluding diaryl/α,β-unsaturated/α-hetero) is 1. The van der Waals surface area contributed by atoms with Crippen LogP contribution in [0.25, 0.3) is 16.1 Å². The van der Waals surface area contributed by atoms with E-state index in [0.29, 0.717) is 15.6 Å². The van der Waals surface area contributed by atoms with Crippen molar-refractivity contribution in [2.24, 2.45) is 0 Å². The summed E-state index contributed by atoms with van der Waals surface area (Å²) in [6, 6.07) is 3.74. The Labute approximate surface area is 123 Å². The molecule has 20 heavy (non-hydrogen) atoms. The normalized spacial score (nSPS) is 10.9. The molecule has 0 aromatic carbocycles. The molecule has 0 radical (unpaired) electrons. The Kier molecular flexibility index (Phi) is 3.19. The van der Waals surface area contributed by atoms with Crippen LogP contribution >= 0.6 is 22.9 Å². The maximum Gasteiger partial charge on any atom is 0.172 e. The third-order valence-corrected chi connectivity index (χ3v) is 4.44. The van der Waals surface area contributed by atoms with Gasteiger partial charge < -0.3 is 4.74 Å². The molecule has 0 saturated heterocycles. The van der Waals surface area contributed by atoms with Crippen molar-refractivity contribution in [3.63, 3.8) is 0 Å². The van der Waals surface area contributed by atoms with Gasteiger partial charge in [0.1, 0.15) is 15.6 Å². The molecule has 3 aromatic rings. The van der Waals surface area contributed by atoms with E-state index in [2.05, 4.69) is 10.1 Å². The van der Waals surface area contributed by atoms with Crippen LogP contribution in [-0.4, -0.2) is 27.5 Å². The van der Waals surface area contributed by atoms with Crippen LogP contribution in [0.1, 0.15) is 16.6 Å². The number of halogens is 1. The highest BCUT2D eigenvalue weighted by Crippen LogP contribution is 2.33. The van der Waals surface area contributed by atoms with Crippen LogP contribution in [0.3, 0.4) is 0 Å². The lowest BCUT2D eigenvalue weighted by Gasteiger charge is -2.00. The van der Waals surface area contributed by atoms with Gasteiger partial charge in [-0.25, -0.2) is 9.50 Å². The summed E-state index contributed by atoms with van der Waals surface area (Å²) < 4.78 is 6.86. The third kappa shape index (κ3) is 2.07. The van der Waals surface area contributed by atoms with Crippen LogP contribution in [0.15, 0.2) is 24.5 Å². The molecule has 0 aliphatic rings. The fourth-order valence-corrected chi connectivity index (χ4v) is 3.14. The summed E-state index contributed by atoms with van der Waals surface area (Å²) >= 11 is 7.26. The van der Waals surface area contributed by atoms with Gasteiger partial charge in [0.25, 0.3) is 0 Å². The molecule has 0 fully saturated rings. The van der Waals surface area contributed by atoms with E-state index in [0.717, 1.165) is 11.1 Å². The standard InChI is InChI=1S/C13H10ClN3O2S/c1-7(18)11-12(14)16-13(20-11)9-5-15-17-6-8(19-2)3-4-10(9)17/h3-6H,1-2H3. The predicted octanol–water partition coefficient (Wildman–Crippen LogP) is 3.32. The molecule has 0 atom stereocenters. The SMILES string of the molecule is COc1ccc2c(-c3nc(Cl)c(C(C)=O)s3)cnn2c1. The Balaban J connectivity index is 2.15. The van der Waals surface area contributed by atoms with Crippen LogP contribution in [0.5, 0.6) is 5.75 Å². The van der Waals surface area contributed by atoms with E-state index in [1.807, 2.05) is 12.1 Å². The van der Waals surface area contributed by atoms with Gasteiger partial charge in [-0.2, -0.15) is 5.10 Å². The second-order valence-electron chi connectivity index (χ2n) is 4.15. The van der Waals surface area contributed by atoms with Gasteiger partial charge in [-0.3, -0.25) is 4.79 Å². The molecular formula is C13H10ClN3O2S. The van der Waals surface area contributed by atoms with E-state index in [1.54, 1.807) is 24.0 Å². The van der Waals surface area contributed by atoms with Crippen molar-refractivity contribution < 1.29 is 9.53 Å². The first-order chi connectivity index (χ1) is 9.60. The first kappa shape index (κ1) is 13.1. The van der Waals surface area contributed by atoms with Crippen molar-refractivity contribution in [3.05, 3.63) is 34.6 Å². The molecule has 7 heteroatoms. The Hall–Kier alpha value is -1.92. The third-order valence-electron chi connectivity index (χ3n) is 2.86. The van der Waals surface area contributed by atoms with E-state index >= 15 is 0 Å². The first-order valence-corrected chi connectivity index (χ1v) is 6.98. The van der Waals surface area contributed by atoms with Gasteiger partial charge in [-0.15, -0.1) is 11.3 Å².